The third-order valence-corrected chi connectivity index (χ3v) is 4.10. The SMILES string of the molecule is CC(CCc1ccco1)NC1CCc2c(F)cccc21. The molecule has 0 amide bonds. The molecule has 2 aromatic rings. The van der Waals surface area contributed by atoms with Gasteiger partial charge in [0.05, 0.1) is 6.26 Å². The van der Waals surface area contributed by atoms with E-state index < -0.39 is 0 Å². The zero-order chi connectivity index (χ0) is 13.9. The van der Waals surface area contributed by atoms with Gasteiger partial charge < -0.3 is 9.73 Å². The van der Waals surface area contributed by atoms with Gasteiger partial charge in [-0.1, -0.05) is 12.1 Å². The maximum Gasteiger partial charge on any atom is 0.126 e. The average molecular weight is 273 g/mol. The number of halogens is 1. The standard InChI is InChI=1S/C17H20FNO/c1-12(7-8-13-4-3-11-20-13)19-17-10-9-14-15(17)5-2-6-16(14)18/h2-6,11-12,17,19H,7-10H2,1H3. The van der Waals surface area contributed by atoms with Crippen LogP contribution in [0.5, 0.6) is 0 Å². The molecular formula is C17H20FNO. The number of aryl methyl sites for hydroxylation is 1. The van der Waals surface area contributed by atoms with Gasteiger partial charge in [0.1, 0.15) is 11.6 Å². The van der Waals surface area contributed by atoms with Crippen molar-refractivity contribution in [2.24, 2.45) is 0 Å². The fourth-order valence-corrected chi connectivity index (χ4v) is 3.02. The van der Waals surface area contributed by atoms with Gasteiger partial charge in [-0.3, -0.25) is 0 Å². The second-order valence-corrected chi connectivity index (χ2v) is 5.58. The highest BCUT2D eigenvalue weighted by atomic mass is 19.1. The van der Waals surface area contributed by atoms with Crippen molar-refractivity contribution >= 4 is 0 Å². The fraction of sp³-hybridized carbons (Fsp3) is 0.412. The monoisotopic (exact) mass is 273 g/mol. The van der Waals surface area contributed by atoms with Crippen LogP contribution in [0.4, 0.5) is 4.39 Å². The molecule has 1 aliphatic rings. The van der Waals surface area contributed by atoms with Crippen molar-refractivity contribution in [2.75, 3.05) is 0 Å². The number of furan rings is 1. The molecule has 20 heavy (non-hydrogen) atoms. The minimum atomic E-state index is -0.0601. The lowest BCUT2D eigenvalue weighted by Crippen LogP contribution is -2.29. The largest absolute Gasteiger partial charge is 0.469 e. The lowest BCUT2D eigenvalue weighted by atomic mass is 10.1. The Bertz CT molecular complexity index is 564. The Balaban J connectivity index is 1.58. The molecule has 0 radical (unpaired) electrons. The van der Waals surface area contributed by atoms with E-state index >= 15 is 0 Å². The van der Waals surface area contributed by atoms with E-state index in [1.54, 1.807) is 12.3 Å². The second-order valence-electron chi connectivity index (χ2n) is 5.58. The normalized spacial score (nSPS) is 19.0. The highest BCUT2D eigenvalue weighted by molar-refractivity contribution is 5.35. The van der Waals surface area contributed by atoms with Crippen LogP contribution in [0.3, 0.4) is 0 Å². The first-order valence-electron chi connectivity index (χ1n) is 7.30. The lowest BCUT2D eigenvalue weighted by Gasteiger charge is -2.20. The van der Waals surface area contributed by atoms with Gasteiger partial charge in [-0.25, -0.2) is 4.39 Å². The summed E-state index contributed by atoms with van der Waals surface area (Å²) in [4.78, 5) is 0. The van der Waals surface area contributed by atoms with E-state index in [2.05, 4.69) is 12.2 Å². The summed E-state index contributed by atoms with van der Waals surface area (Å²) < 4.78 is 19.0. The Labute approximate surface area is 119 Å². The van der Waals surface area contributed by atoms with Gasteiger partial charge in [0.2, 0.25) is 0 Å². The van der Waals surface area contributed by atoms with E-state index in [-0.39, 0.29) is 11.9 Å². The van der Waals surface area contributed by atoms with Crippen LogP contribution >= 0.6 is 0 Å². The predicted molar refractivity (Wildman–Crippen MR) is 77.1 cm³/mol. The molecule has 1 aliphatic carbocycles. The molecule has 0 bridgehead atoms. The molecule has 0 saturated carbocycles. The van der Waals surface area contributed by atoms with Crippen LogP contribution in [0.15, 0.2) is 41.0 Å². The zero-order valence-corrected chi connectivity index (χ0v) is 11.7. The van der Waals surface area contributed by atoms with Crippen LogP contribution in [-0.2, 0) is 12.8 Å². The maximum atomic E-state index is 13.7. The fourth-order valence-electron chi connectivity index (χ4n) is 3.02. The predicted octanol–water partition coefficient (Wildman–Crippen LogP) is 4.02. The smallest absolute Gasteiger partial charge is 0.126 e. The summed E-state index contributed by atoms with van der Waals surface area (Å²) in [5, 5.41) is 3.62. The summed E-state index contributed by atoms with van der Waals surface area (Å²) in [6.45, 7) is 2.18. The summed E-state index contributed by atoms with van der Waals surface area (Å²) in [7, 11) is 0. The van der Waals surface area contributed by atoms with Crippen molar-refractivity contribution < 1.29 is 8.81 Å². The molecule has 2 atom stereocenters. The molecule has 3 rings (SSSR count). The van der Waals surface area contributed by atoms with Gasteiger partial charge in [0.25, 0.3) is 0 Å². The third kappa shape index (κ3) is 2.78. The summed E-state index contributed by atoms with van der Waals surface area (Å²) in [5.41, 5.74) is 2.03. The van der Waals surface area contributed by atoms with Crippen LogP contribution in [-0.4, -0.2) is 6.04 Å². The third-order valence-electron chi connectivity index (χ3n) is 4.10. The summed E-state index contributed by atoms with van der Waals surface area (Å²) in [6.07, 6.45) is 5.49. The van der Waals surface area contributed by atoms with Crippen LogP contribution in [0.25, 0.3) is 0 Å². The number of rotatable bonds is 5. The number of nitrogens with one attached hydrogen (secondary N) is 1. The molecule has 1 aromatic heterocycles. The van der Waals surface area contributed by atoms with Crippen LogP contribution in [0, 0.1) is 5.82 Å². The molecule has 0 fully saturated rings. The van der Waals surface area contributed by atoms with Gasteiger partial charge in [-0.2, -0.15) is 0 Å². The van der Waals surface area contributed by atoms with Crippen molar-refractivity contribution in [3.63, 3.8) is 0 Å². The molecule has 0 spiro atoms. The molecular weight excluding hydrogens is 253 g/mol. The molecule has 2 unspecified atom stereocenters. The number of benzene rings is 1. The Morgan fingerprint density at radius 3 is 3.05 bits per heavy atom. The Morgan fingerprint density at radius 2 is 2.25 bits per heavy atom. The van der Waals surface area contributed by atoms with Gasteiger partial charge in [-0.15, -0.1) is 0 Å². The minimum absolute atomic E-state index is 0.0601. The molecule has 2 nitrogen and oxygen atoms in total. The van der Waals surface area contributed by atoms with Crippen LogP contribution < -0.4 is 5.32 Å². The van der Waals surface area contributed by atoms with E-state index in [4.69, 9.17) is 4.42 Å². The van der Waals surface area contributed by atoms with Gasteiger partial charge >= 0.3 is 0 Å². The summed E-state index contributed by atoms with van der Waals surface area (Å²) >= 11 is 0. The molecule has 1 heterocycles. The lowest BCUT2D eigenvalue weighted by molar-refractivity contribution is 0.416. The molecule has 106 valence electrons. The summed E-state index contributed by atoms with van der Waals surface area (Å²) in [5.74, 6) is 0.964. The maximum absolute atomic E-state index is 13.7. The number of fused-ring (bicyclic) bond motifs is 1. The first-order chi connectivity index (χ1) is 9.74. The van der Waals surface area contributed by atoms with E-state index in [1.165, 1.54) is 0 Å². The van der Waals surface area contributed by atoms with E-state index in [1.807, 2.05) is 24.3 Å². The summed E-state index contributed by atoms with van der Waals surface area (Å²) in [6, 6.07) is 10.0. The molecule has 0 saturated heterocycles. The Kier molecular flexibility index (Phi) is 3.88. The molecule has 0 aliphatic heterocycles. The highest BCUT2D eigenvalue weighted by Gasteiger charge is 2.25. The number of hydrogen-bond donors (Lipinski definition) is 1. The molecule has 3 heteroatoms. The molecule has 1 aromatic carbocycles. The van der Waals surface area contributed by atoms with Crippen molar-refractivity contribution in [1.29, 1.82) is 0 Å². The van der Waals surface area contributed by atoms with E-state index in [0.29, 0.717) is 6.04 Å². The Morgan fingerprint density at radius 1 is 1.35 bits per heavy atom. The van der Waals surface area contributed by atoms with Crippen molar-refractivity contribution in [1.82, 2.24) is 5.32 Å². The highest BCUT2D eigenvalue weighted by Crippen LogP contribution is 2.33. The van der Waals surface area contributed by atoms with Gasteiger partial charge in [-0.05, 0) is 55.5 Å². The topological polar surface area (TPSA) is 25.2 Å². The number of hydrogen-bond acceptors (Lipinski definition) is 2. The van der Waals surface area contributed by atoms with E-state index in [9.17, 15) is 4.39 Å². The minimum Gasteiger partial charge on any atom is -0.469 e. The van der Waals surface area contributed by atoms with Crippen molar-refractivity contribution in [2.45, 2.75) is 44.7 Å². The van der Waals surface area contributed by atoms with Gasteiger partial charge in [0, 0.05) is 18.5 Å². The van der Waals surface area contributed by atoms with Gasteiger partial charge in [0.15, 0.2) is 0 Å². The Hall–Kier alpha value is -1.61. The first-order valence-corrected chi connectivity index (χ1v) is 7.30. The van der Waals surface area contributed by atoms with Crippen LogP contribution in [0.2, 0.25) is 0 Å². The zero-order valence-electron chi connectivity index (χ0n) is 11.7. The average Bonchev–Trinajstić information content (AvgIpc) is 3.07. The van der Waals surface area contributed by atoms with E-state index in [0.717, 1.165) is 42.6 Å². The second kappa shape index (κ2) is 5.80. The van der Waals surface area contributed by atoms with Crippen molar-refractivity contribution in [3.05, 3.63) is 59.3 Å². The quantitative estimate of drug-likeness (QED) is 0.890. The first kappa shape index (κ1) is 13.4. The van der Waals surface area contributed by atoms with Crippen molar-refractivity contribution in [3.8, 4) is 0 Å². The van der Waals surface area contributed by atoms with Crippen LogP contribution in [0.1, 0.15) is 42.7 Å². The molecule has 1 N–H and O–H groups in total.